The van der Waals surface area contributed by atoms with Crippen molar-refractivity contribution in [3.05, 3.63) is 12.2 Å². The third-order valence-electron chi connectivity index (χ3n) is 13.6. The number of hydrogen-bond donors (Lipinski definition) is 3. The molecule has 3 N–H and O–H groups in total. The average molecular weight is 459 g/mol. The molecule has 10 atom stereocenters. The van der Waals surface area contributed by atoms with E-state index in [1.54, 1.807) is 0 Å². The lowest BCUT2D eigenvalue weighted by Gasteiger charge is -2.73. The number of rotatable bonds is 3. The molecule has 0 aromatic carbocycles. The highest BCUT2D eigenvalue weighted by Crippen LogP contribution is 2.77. The SMILES string of the molecule is C=C(CO)[C@@H]1CC[C@]2(CO)CC[C@]3(C)C(CCC4[C@@]5(C)CCC(O)C(C)(C)C5CC[C@]43C)C12. The summed E-state index contributed by atoms with van der Waals surface area (Å²) in [6.07, 6.45) is 11.5. The Bertz CT molecular complexity index is 804. The largest absolute Gasteiger partial charge is 0.396 e. The molecular weight excluding hydrogens is 408 g/mol. The fourth-order valence-corrected chi connectivity index (χ4v) is 11.6. The molecule has 0 aromatic heterocycles. The van der Waals surface area contributed by atoms with Crippen molar-refractivity contribution >= 4 is 0 Å². The van der Waals surface area contributed by atoms with Gasteiger partial charge < -0.3 is 15.3 Å². The number of hydrogen-bond acceptors (Lipinski definition) is 3. The van der Waals surface area contributed by atoms with Gasteiger partial charge in [-0.2, -0.15) is 0 Å². The molecule has 0 aliphatic heterocycles. The molecule has 33 heavy (non-hydrogen) atoms. The van der Waals surface area contributed by atoms with E-state index in [9.17, 15) is 15.3 Å². The summed E-state index contributed by atoms with van der Waals surface area (Å²) in [5, 5.41) is 31.5. The summed E-state index contributed by atoms with van der Waals surface area (Å²) in [7, 11) is 0. The molecule has 5 fully saturated rings. The van der Waals surface area contributed by atoms with Crippen molar-refractivity contribution in [1.82, 2.24) is 0 Å². The van der Waals surface area contributed by atoms with E-state index in [0.29, 0.717) is 47.0 Å². The van der Waals surface area contributed by atoms with Crippen LogP contribution in [-0.2, 0) is 0 Å². The van der Waals surface area contributed by atoms with Crippen molar-refractivity contribution in [2.75, 3.05) is 13.2 Å². The molecule has 0 heterocycles. The van der Waals surface area contributed by atoms with Gasteiger partial charge in [-0.3, -0.25) is 0 Å². The lowest BCUT2D eigenvalue weighted by atomic mass is 9.32. The fourth-order valence-electron chi connectivity index (χ4n) is 11.6. The first-order valence-corrected chi connectivity index (χ1v) is 14.0. The van der Waals surface area contributed by atoms with Gasteiger partial charge in [-0.25, -0.2) is 0 Å². The zero-order valence-corrected chi connectivity index (χ0v) is 22.0. The predicted molar refractivity (Wildman–Crippen MR) is 133 cm³/mol. The third-order valence-corrected chi connectivity index (χ3v) is 13.6. The quantitative estimate of drug-likeness (QED) is 0.457. The van der Waals surface area contributed by atoms with Gasteiger partial charge >= 0.3 is 0 Å². The maximum absolute atomic E-state index is 10.9. The van der Waals surface area contributed by atoms with Crippen LogP contribution in [-0.4, -0.2) is 34.6 Å². The summed E-state index contributed by atoms with van der Waals surface area (Å²) in [5.41, 5.74) is 1.92. The third kappa shape index (κ3) is 2.91. The number of aliphatic hydroxyl groups is 3. The Hall–Kier alpha value is -0.380. The average Bonchev–Trinajstić information content (AvgIpc) is 3.17. The van der Waals surface area contributed by atoms with Crippen LogP contribution in [0.15, 0.2) is 12.2 Å². The first kappa shape index (κ1) is 24.3. The van der Waals surface area contributed by atoms with Crippen molar-refractivity contribution in [3.63, 3.8) is 0 Å². The Balaban J connectivity index is 1.54. The van der Waals surface area contributed by atoms with Gasteiger partial charge in [0.15, 0.2) is 0 Å². The summed E-state index contributed by atoms with van der Waals surface area (Å²) in [4.78, 5) is 0. The van der Waals surface area contributed by atoms with Crippen LogP contribution in [0.25, 0.3) is 0 Å². The molecule has 0 radical (unpaired) electrons. The molecule has 0 amide bonds. The Morgan fingerprint density at radius 2 is 1.52 bits per heavy atom. The smallest absolute Gasteiger partial charge is 0.0641 e. The summed E-state index contributed by atoms with van der Waals surface area (Å²) >= 11 is 0. The lowest BCUT2D eigenvalue weighted by Crippen LogP contribution is -2.66. The molecule has 188 valence electrons. The molecule has 0 aromatic rings. The Morgan fingerprint density at radius 1 is 0.788 bits per heavy atom. The lowest BCUT2D eigenvalue weighted by molar-refractivity contribution is -0.249. The van der Waals surface area contributed by atoms with Gasteiger partial charge in [-0.1, -0.05) is 41.2 Å². The van der Waals surface area contributed by atoms with Gasteiger partial charge in [0.25, 0.3) is 0 Å². The molecule has 5 saturated carbocycles. The molecule has 3 heteroatoms. The van der Waals surface area contributed by atoms with Crippen LogP contribution in [0.1, 0.15) is 98.8 Å². The van der Waals surface area contributed by atoms with Crippen LogP contribution in [0.4, 0.5) is 0 Å². The van der Waals surface area contributed by atoms with Crippen molar-refractivity contribution in [2.45, 2.75) is 105 Å². The van der Waals surface area contributed by atoms with Crippen molar-refractivity contribution in [1.29, 1.82) is 0 Å². The van der Waals surface area contributed by atoms with Gasteiger partial charge in [0, 0.05) is 6.61 Å². The van der Waals surface area contributed by atoms with Gasteiger partial charge in [-0.15, -0.1) is 0 Å². The molecule has 0 bridgehead atoms. The van der Waals surface area contributed by atoms with Gasteiger partial charge in [0.1, 0.15) is 0 Å². The Labute approximate surface area is 202 Å². The maximum atomic E-state index is 10.9. The van der Waals surface area contributed by atoms with Gasteiger partial charge in [0.05, 0.1) is 12.7 Å². The van der Waals surface area contributed by atoms with Crippen LogP contribution < -0.4 is 0 Å². The second-order valence-electron chi connectivity index (χ2n) is 14.6. The normalized spacial score (nSPS) is 55.2. The van der Waals surface area contributed by atoms with Crippen LogP contribution in [0.2, 0.25) is 0 Å². The summed E-state index contributed by atoms with van der Waals surface area (Å²) in [6, 6.07) is 0. The zero-order chi connectivity index (χ0) is 24.0. The molecule has 5 aliphatic carbocycles. The van der Waals surface area contributed by atoms with E-state index in [1.165, 1.54) is 32.1 Å². The van der Waals surface area contributed by atoms with Crippen molar-refractivity contribution in [2.24, 2.45) is 56.7 Å². The van der Waals surface area contributed by atoms with Crippen LogP contribution >= 0.6 is 0 Å². The number of fused-ring (bicyclic) bond motifs is 7. The van der Waals surface area contributed by atoms with E-state index in [4.69, 9.17) is 0 Å². The van der Waals surface area contributed by atoms with E-state index in [0.717, 1.165) is 37.7 Å². The molecular formula is C30H50O3. The predicted octanol–water partition coefficient (Wildman–Crippen LogP) is 5.97. The van der Waals surface area contributed by atoms with E-state index < -0.39 is 0 Å². The molecule has 3 nitrogen and oxygen atoms in total. The topological polar surface area (TPSA) is 60.7 Å². The van der Waals surface area contributed by atoms with E-state index >= 15 is 0 Å². The van der Waals surface area contributed by atoms with Crippen LogP contribution in [0, 0.1) is 56.7 Å². The second-order valence-corrected chi connectivity index (χ2v) is 14.6. The minimum atomic E-state index is -0.171. The highest BCUT2D eigenvalue weighted by molar-refractivity contribution is 5.22. The minimum absolute atomic E-state index is 0.000105. The Kier molecular flexibility index (Phi) is 5.57. The first-order valence-electron chi connectivity index (χ1n) is 14.0. The summed E-state index contributed by atoms with van der Waals surface area (Å²) < 4.78 is 0. The monoisotopic (exact) mass is 458 g/mol. The van der Waals surface area contributed by atoms with Gasteiger partial charge in [-0.05, 0) is 126 Å². The highest BCUT2D eigenvalue weighted by Gasteiger charge is 2.70. The van der Waals surface area contributed by atoms with E-state index in [2.05, 4.69) is 41.2 Å². The summed E-state index contributed by atoms with van der Waals surface area (Å²) in [5.74, 6) is 2.74. The Morgan fingerprint density at radius 3 is 2.18 bits per heavy atom. The van der Waals surface area contributed by atoms with Gasteiger partial charge in [0.2, 0.25) is 0 Å². The van der Waals surface area contributed by atoms with Crippen molar-refractivity contribution in [3.8, 4) is 0 Å². The molecule has 0 saturated heterocycles. The van der Waals surface area contributed by atoms with E-state index in [-0.39, 0.29) is 29.0 Å². The summed E-state index contributed by atoms with van der Waals surface area (Å²) in [6.45, 7) is 17.2. The fraction of sp³-hybridized carbons (Fsp3) is 0.933. The molecule has 5 rings (SSSR count). The molecule has 0 spiro atoms. The first-order chi connectivity index (χ1) is 15.4. The second kappa shape index (κ2) is 7.56. The highest BCUT2D eigenvalue weighted by atomic mass is 16.3. The maximum Gasteiger partial charge on any atom is 0.0641 e. The van der Waals surface area contributed by atoms with E-state index in [1.807, 2.05) is 0 Å². The number of aliphatic hydroxyl groups excluding tert-OH is 3. The minimum Gasteiger partial charge on any atom is -0.396 e. The molecule has 5 unspecified atom stereocenters. The standard InChI is InChI=1S/C30H50O3/c1-19(17-31)20-9-14-30(18-32)16-15-28(5)21(25(20)30)7-8-23-27(4)12-11-24(33)26(2,3)22(27)10-13-29(23,28)6/h20-25,31-33H,1,7-18H2,2-6H3/t20-,21?,22?,23?,24?,25?,27-,28+,29+,30+/m0/s1. The zero-order valence-electron chi connectivity index (χ0n) is 22.0. The van der Waals surface area contributed by atoms with Crippen LogP contribution in [0.3, 0.4) is 0 Å². The van der Waals surface area contributed by atoms with Crippen LogP contribution in [0.5, 0.6) is 0 Å². The van der Waals surface area contributed by atoms with Crippen molar-refractivity contribution < 1.29 is 15.3 Å². The molecule has 5 aliphatic rings.